The van der Waals surface area contributed by atoms with Crippen molar-refractivity contribution in [3.63, 3.8) is 0 Å². The van der Waals surface area contributed by atoms with Gasteiger partial charge in [-0.15, -0.1) is 0 Å². The zero-order valence-electron chi connectivity index (χ0n) is 18.4. The van der Waals surface area contributed by atoms with Crippen molar-refractivity contribution in [2.45, 2.75) is 44.6 Å². The summed E-state index contributed by atoms with van der Waals surface area (Å²) in [6, 6.07) is 16.1. The van der Waals surface area contributed by atoms with Crippen LogP contribution in [-0.2, 0) is 11.3 Å². The predicted octanol–water partition coefficient (Wildman–Crippen LogP) is 5.74. The Labute approximate surface area is 193 Å². The van der Waals surface area contributed by atoms with Crippen molar-refractivity contribution in [3.05, 3.63) is 76.6 Å². The van der Waals surface area contributed by atoms with Crippen molar-refractivity contribution >= 4 is 22.4 Å². The minimum Gasteiger partial charge on any atom is -0.495 e. The quantitative estimate of drug-likeness (QED) is 0.491. The molecule has 1 aliphatic heterocycles. The zero-order chi connectivity index (χ0) is 22.7. The summed E-state index contributed by atoms with van der Waals surface area (Å²) in [5, 5.41) is 13.5. The number of likely N-dealkylation sites (tertiary alicyclic amines) is 1. The summed E-state index contributed by atoms with van der Waals surface area (Å²) in [4.78, 5) is 2.31. The van der Waals surface area contributed by atoms with Gasteiger partial charge in [0.15, 0.2) is 0 Å². The molecule has 0 saturated carbocycles. The maximum Gasteiger partial charge on any atom is 0.138 e. The Morgan fingerprint density at radius 3 is 2.50 bits per heavy atom. The molecule has 1 heterocycles. The summed E-state index contributed by atoms with van der Waals surface area (Å²) in [6.45, 7) is 4.29. The number of nitrogens with zero attached hydrogens (tertiary/aromatic N) is 1. The van der Waals surface area contributed by atoms with Crippen LogP contribution in [0.2, 0.25) is 5.02 Å². The summed E-state index contributed by atoms with van der Waals surface area (Å²) in [7, 11) is 1.60. The number of benzene rings is 3. The molecule has 0 radical (unpaired) electrons. The number of halogens is 2. The lowest BCUT2D eigenvalue weighted by Gasteiger charge is -2.38. The molecule has 3 aromatic rings. The van der Waals surface area contributed by atoms with E-state index in [-0.39, 0.29) is 18.0 Å². The highest BCUT2D eigenvalue weighted by Gasteiger charge is 2.28. The van der Waals surface area contributed by atoms with Crippen LogP contribution in [0.5, 0.6) is 5.75 Å². The van der Waals surface area contributed by atoms with Gasteiger partial charge in [0.2, 0.25) is 0 Å². The number of hydrogen-bond donors (Lipinski definition) is 1. The summed E-state index contributed by atoms with van der Waals surface area (Å²) in [6.07, 6.45) is 1.40. The molecular weight excluding hydrogens is 429 g/mol. The molecule has 0 spiro atoms. The monoisotopic (exact) mass is 457 g/mol. The molecule has 0 bridgehead atoms. The van der Waals surface area contributed by atoms with Crippen LogP contribution in [0.15, 0.2) is 54.6 Å². The average Bonchev–Trinajstić information content (AvgIpc) is 2.83. The number of piperidine rings is 1. The Kier molecular flexibility index (Phi) is 7.31. The second-order valence-corrected chi connectivity index (χ2v) is 8.80. The Morgan fingerprint density at radius 2 is 1.81 bits per heavy atom. The van der Waals surface area contributed by atoms with Gasteiger partial charge in [-0.3, -0.25) is 4.90 Å². The first kappa shape index (κ1) is 23.0. The van der Waals surface area contributed by atoms with Gasteiger partial charge in [-0.2, -0.15) is 0 Å². The van der Waals surface area contributed by atoms with Crippen molar-refractivity contribution in [2.75, 3.05) is 20.2 Å². The molecule has 32 heavy (non-hydrogen) atoms. The van der Waals surface area contributed by atoms with Crippen LogP contribution >= 0.6 is 11.6 Å². The van der Waals surface area contributed by atoms with Gasteiger partial charge in [-0.1, -0.05) is 41.9 Å². The van der Waals surface area contributed by atoms with Gasteiger partial charge in [0.1, 0.15) is 11.6 Å². The van der Waals surface area contributed by atoms with E-state index in [2.05, 4.69) is 11.8 Å². The normalized spacial score (nSPS) is 17.4. The molecule has 0 unspecified atom stereocenters. The van der Waals surface area contributed by atoms with Crippen molar-refractivity contribution in [1.82, 2.24) is 4.90 Å². The molecule has 1 fully saturated rings. The molecule has 4 rings (SSSR count). The lowest BCUT2D eigenvalue weighted by Crippen LogP contribution is -2.44. The second kappa shape index (κ2) is 10.2. The average molecular weight is 458 g/mol. The molecule has 3 aromatic carbocycles. The van der Waals surface area contributed by atoms with Crippen molar-refractivity contribution < 1.29 is 19.0 Å². The fourth-order valence-corrected chi connectivity index (χ4v) is 4.67. The van der Waals surface area contributed by atoms with E-state index in [1.165, 1.54) is 12.1 Å². The van der Waals surface area contributed by atoms with E-state index in [9.17, 15) is 9.50 Å². The summed E-state index contributed by atoms with van der Waals surface area (Å²) in [5.41, 5.74) is 1.85. The van der Waals surface area contributed by atoms with Crippen LogP contribution < -0.4 is 4.74 Å². The van der Waals surface area contributed by atoms with Crippen molar-refractivity contribution in [1.29, 1.82) is 0 Å². The number of aliphatic hydroxyl groups excluding tert-OH is 1. The predicted molar refractivity (Wildman–Crippen MR) is 126 cm³/mol. The fourth-order valence-electron chi connectivity index (χ4n) is 4.35. The molecule has 1 N–H and O–H groups in total. The van der Waals surface area contributed by atoms with Gasteiger partial charge >= 0.3 is 0 Å². The molecule has 170 valence electrons. The van der Waals surface area contributed by atoms with Crippen LogP contribution in [0.1, 0.15) is 37.0 Å². The topological polar surface area (TPSA) is 41.9 Å². The van der Waals surface area contributed by atoms with E-state index in [4.69, 9.17) is 21.1 Å². The van der Waals surface area contributed by atoms with E-state index in [0.717, 1.165) is 47.8 Å². The van der Waals surface area contributed by atoms with E-state index in [1.54, 1.807) is 19.2 Å². The Morgan fingerprint density at radius 1 is 1.09 bits per heavy atom. The summed E-state index contributed by atoms with van der Waals surface area (Å²) >= 11 is 6.42. The Bertz CT molecular complexity index is 1050. The van der Waals surface area contributed by atoms with Gasteiger partial charge in [0.25, 0.3) is 0 Å². The third-order valence-electron chi connectivity index (χ3n) is 6.41. The first-order chi connectivity index (χ1) is 15.5. The first-order valence-electron chi connectivity index (χ1n) is 11.0. The minimum atomic E-state index is -0.600. The fraction of sp³-hybridized carbons (Fsp3) is 0.385. The Hall–Kier alpha value is -2.18. The molecule has 2 atom stereocenters. The number of rotatable bonds is 7. The Balaban J connectivity index is 1.34. The molecule has 6 heteroatoms. The number of fused-ring (bicyclic) bond motifs is 1. The summed E-state index contributed by atoms with van der Waals surface area (Å²) < 4.78 is 24.4. The largest absolute Gasteiger partial charge is 0.495 e. The van der Waals surface area contributed by atoms with Crippen LogP contribution in [0.25, 0.3) is 10.8 Å². The third kappa shape index (κ3) is 5.07. The van der Waals surface area contributed by atoms with Gasteiger partial charge in [0, 0.05) is 24.5 Å². The lowest BCUT2D eigenvalue weighted by atomic mass is 9.97. The maximum absolute atomic E-state index is 13.0. The number of hydrogen-bond acceptors (Lipinski definition) is 4. The van der Waals surface area contributed by atoms with Gasteiger partial charge in [0.05, 0.1) is 30.9 Å². The highest BCUT2D eigenvalue weighted by molar-refractivity contribution is 6.37. The minimum absolute atomic E-state index is 0.0146. The van der Waals surface area contributed by atoms with Crippen LogP contribution in [0, 0.1) is 5.82 Å². The standard InChI is InChI=1S/C26H29ClFNO3/c1-17(26(30)20-5-9-23-19(15-20)6-10-24(31-2)25(23)27)29-13-11-22(12-14-29)32-16-18-3-7-21(28)8-4-18/h3-10,15,17,22,26,30H,11-14,16H2,1-2H3/t17-,26-/m0/s1. The lowest BCUT2D eigenvalue weighted by molar-refractivity contribution is -0.0269. The van der Waals surface area contributed by atoms with E-state index in [0.29, 0.717) is 17.4 Å². The smallest absolute Gasteiger partial charge is 0.138 e. The van der Waals surface area contributed by atoms with Crippen molar-refractivity contribution in [3.8, 4) is 5.75 Å². The van der Waals surface area contributed by atoms with Crippen molar-refractivity contribution in [2.24, 2.45) is 0 Å². The van der Waals surface area contributed by atoms with E-state index >= 15 is 0 Å². The van der Waals surface area contributed by atoms with E-state index in [1.807, 2.05) is 30.3 Å². The molecule has 0 aliphatic carbocycles. The number of aliphatic hydroxyl groups is 1. The van der Waals surface area contributed by atoms with Crippen LogP contribution in [-0.4, -0.2) is 42.4 Å². The first-order valence-corrected chi connectivity index (χ1v) is 11.4. The highest BCUT2D eigenvalue weighted by atomic mass is 35.5. The molecule has 0 amide bonds. The molecule has 1 saturated heterocycles. The van der Waals surface area contributed by atoms with Gasteiger partial charge in [-0.05, 0) is 60.5 Å². The third-order valence-corrected chi connectivity index (χ3v) is 6.80. The maximum atomic E-state index is 13.0. The van der Waals surface area contributed by atoms with Crippen LogP contribution in [0.3, 0.4) is 0 Å². The number of ether oxygens (including phenoxy) is 2. The molecular formula is C26H29ClFNO3. The second-order valence-electron chi connectivity index (χ2n) is 8.42. The van der Waals surface area contributed by atoms with Crippen LogP contribution in [0.4, 0.5) is 4.39 Å². The van der Waals surface area contributed by atoms with Gasteiger partial charge < -0.3 is 14.6 Å². The summed E-state index contributed by atoms with van der Waals surface area (Å²) in [5.74, 6) is 0.411. The molecule has 4 nitrogen and oxygen atoms in total. The highest BCUT2D eigenvalue weighted by Crippen LogP contribution is 2.35. The van der Waals surface area contributed by atoms with E-state index < -0.39 is 6.10 Å². The molecule has 1 aliphatic rings. The van der Waals surface area contributed by atoms with Gasteiger partial charge in [-0.25, -0.2) is 4.39 Å². The molecule has 0 aromatic heterocycles. The SMILES string of the molecule is COc1ccc2cc([C@@H](O)[C@H](C)N3CCC(OCc4ccc(F)cc4)CC3)ccc2c1Cl. The zero-order valence-corrected chi connectivity index (χ0v) is 19.2. The number of methoxy groups -OCH3 is 1.